The van der Waals surface area contributed by atoms with E-state index in [-0.39, 0.29) is 11.8 Å². The zero-order valence-corrected chi connectivity index (χ0v) is 15.4. The minimum Gasteiger partial charge on any atom is -0.348 e. The number of hydrogen-bond acceptors (Lipinski definition) is 4. The minimum atomic E-state index is -0.225. The Hall–Kier alpha value is -2.51. The van der Waals surface area contributed by atoms with Crippen molar-refractivity contribution in [3.63, 3.8) is 0 Å². The van der Waals surface area contributed by atoms with E-state index >= 15 is 0 Å². The van der Waals surface area contributed by atoms with Crippen LogP contribution >= 0.6 is 27.3 Å². The second-order valence-electron chi connectivity index (χ2n) is 5.22. The van der Waals surface area contributed by atoms with Gasteiger partial charge in [-0.05, 0) is 51.8 Å². The number of nitrogens with one attached hydrogen (secondary N) is 2. The zero-order valence-electron chi connectivity index (χ0n) is 13.0. The number of carbonyl (C=O) groups is 2. The molecule has 0 radical (unpaired) electrons. The first-order valence-electron chi connectivity index (χ1n) is 7.44. The summed E-state index contributed by atoms with van der Waals surface area (Å²) >= 11 is 4.81. The highest BCUT2D eigenvalue weighted by Gasteiger charge is 2.09. The SMILES string of the molecule is O=C(NCc1cccc(NC(=O)c2cccnc2)c1)c1csc(Br)c1. The molecule has 126 valence electrons. The molecule has 0 atom stereocenters. The molecular weight excluding hydrogens is 402 g/mol. The fourth-order valence-corrected chi connectivity index (χ4v) is 3.31. The molecule has 25 heavy (non-hydrogen) atoms. The van der Waals surface area contributed by atoms with Crippen molar-refractivity contribution < 1.29 is 9.59 Å². The molecule has 0 saturated carbocycles. The smallest absolute Gasteiger partial charge is 0.257 e. The number of amides is 2. The first-order chi connectivity index (χ1) is 12.1. The quantitative estimate of drug-likeness (QED) is 0.658. The van der Waals surface area contributed by atoms with Crippen LogP contribution in [-0.2, 0) is 6.54 Å². The Kier molecular flexibility index (Phi) is 5.57. The molecule has 0 saturated heterocycles. The molecule has 3 rings (SSSR count). The third kappa shape index (κ3) is 4.74. The van der Waals surface area contributed by atoms with E-state index in [0.717, 1.165) is 9.35 Å². The Morgan fingerprint density at radius 3 is 2.68 bits per heavy atom. The monoisotopic (exact) mass is 415 g/mol. The molecule has 5 nitrogen and oxygen atoms in total. The predicted octanol–water partition coefficient (Wildman–Crippen LogP) is 4.09. The third-order valence-corrected chi connectivity index (χ3v) is 4.90. The summed E-state index contributed by atoms with van der Waals surface area (Å²) < 4.78 is 0.915. The first kappa shape index (κ1) is 17.3. The predicted molar refractivity (Wildman–Crippen MR) is 102 cm³/mol. The highest BCUT2D eigenvalue weighted by Crippen LogP contribution is 2.20. The number of thiophene rings is 1. The van der Waals surface area contributed by atoms with Crippen molar-refractivity contribution >= 4 is 44.8 Å². The highest BCUT2D eigenvalue weighted by atomic mass is 79.9. The van der Waals surface area contributed by atoms with Crippen molar-refractivity contribution in [2.24, 2.45) is 0 Å². The standard InChI is InChI=1S/C18H14BrN3O2S/c19-16-8-14(11-25-16)17(23)21-9-12-3-1-5-15(7-12)22-18(24)13-4-2-6-20-10-13/h1-8,10-11H,9H2,(H,21,23)(H,22,24). The summed E-state index contributed by atoms with van der Waals surface area (Å²) in [6, 6.07) is 12.6. The van der Waals surface area contributed by atoms with Gasteiger partial charge in [-0.25, -0.2) is 0 Å². The number of pyridine rings is 1. The van der Waals surface area contributed by atoms with Gasteiger partial charge >= 0.3 is 0 Å². The Morgan fingerprint density at radius 2 is 1.96 bits per heavy atom. The molecule has 0 aliphatic heterocycles. The Bertz CT molecular complexity index is 896. The average molecular weight is 416 g/mol. The second kappa shape index (κ2) is 8.04. The summed E-state index contributed by atoms with van der Waals surface area (Å²) in [7, 11) is 0. The van der Waals surface area contributed by atoms with Crippen LogP contribution in [0.1, 0.15) is 26.3 Å². The largest absolute Gasteiger partial charge is 0.348 e. The maximum Gasteiger partial charge on any atom is 0.257 e. The molecule has 3 aromatic rings. The van der Waals surface area contributed by atoms with Crippen LogP contribution in [-0.4, -0.2) is 16.8 Å². The fraction of sp³-hybridized carbons (Fsp3) is 0.0556. The lowest BCUT2D eigenvalue weighted by Crippen LogP contribution is -2.22. The summed E-state index contributed by atoms with van der Waals surface area (Å²) in [5.41, 5.74) is 2.67. The van der Waals surface area contributed by atoms with Gasteiger partial charge in [-0.1, -0.05) is 12.1 Å². The van der Waals surface area contributed by atoms with Gasteiger partial charge in [-0.15, -0.1) is 11.3 Å². The van der Waals surface area contributed by atoms with Crippen LogP contribution < -0.4 is 10.6 Å². The van der Waals surface area contributed by atoms with Crippen molar-refractivity contribution in [2.45, 2.75) is 6.54 Å². The Labute approximate surface area is 157 Å². The number of rotatable bonds is 5. The van der Waals surface area contributed by atoms with Crippen molar-refractivity contribution in [1.29, 1.82) is 0 Å². The molecule has 0 unspecified atom stereocenters. The lowest BCUT2D eigenvalue weighted by atomic mass is 10.2. The molecule has 2 amide bonds. The fourth-order valence-electron chi connectivity index (χ4n) is 2.17. The van der Waals surface area contributed by atoms with Gasteiger partial charge < -0.3 is 10.6 Å². The van der Waals surface area contributed by atoms with Gasteiger partial charge in [-0.2, -0.15) is 0 Å². The van der Waals surface area contributed by atoms with E-state index in [1.54, 1.807) is 35.8 Å². The maximum absolute atomic E-state index is 12.2. The molecule has 2 aromatic heterocycles. The summed E-state index contributed by atoms with van der Waals surface area (Å²) in [5, 5.41) is 7.49. The molecule has 0 spiro atoms. The Balaban J connectivity index is 1.61. The molecule has 0 fully saturated rings. The number of anilines is 1. The molecular formula is C18H14BrN3O2S. The first-order valence-corrected chi connectivity index (χ1v) is 9.11. The van der Waals surface area contributed by atoms with Crippen molar-refractivity contribution in [3.8, 4) is 0 Å². The molecule has 2 heterocycles. The van der Waals surface area contributed by atoms with E-state index in [2.05, 4.69) is 31.5 Å². The Morgan fingerprint density at radius 1 is 1.08 bits per heavy atom. The molecule has 1 aromatic carbocycles. The van der Waals surface area contributed by atoms with Crippen LogP contribution in [0.4, 0.5) is 5.69 Å². The van der Waals surface area contributed by atoms with Gasteiger partial charge in [0, 0.05) is 30.0 Å². The van der Waals surface area contributed by atoms with Crippen LogP contribution in [0.25, 0.3) is 0 Å². The van der Waals surface area contributed by atoms with Gasteiger partial charge in [0.2, 0.25) is 0 Å². The number of hydrogen-bond donors (Lipinski definition) is 2. The minimum absolute atomic E-state index is 0.133. The maximum atomic E-state index is 12.2. The van der Waals surface area contributed by atoms with Crippen LogP contribution in [0, 0.1) is 0 Å². The third-order valence-electron chi connectivity index (χ3n) is 3.39. The molecule has 7 heteroatoms. The number of carbonyl (C=O) groups excluding carboxylic acids is 2. The number of nitrogens with zero attached hydrogens (tertiary/aromatic N) is 1. The van der Waals surface area contributed by atoms with Crippen molar-refractivity contribution in [2.75, 3.05) is 5.32 Å². The summed E-state index contributed by atoms with van der Waals surface area (Å²) in [4.78, 5) is 28.2. The second-order valence-corrected chi connectivity index (χ2v) is 7.51. The topological polar surface area (TPSA) is 71.1 Å². The van der Waals surface area contributed by atoms with Gasteiger partial charge in [0.1, 0.15) is 0 Å². The highest BCUT2D eigenvalue weighted by molar-refractivity contribution is 9.11. The van der Waals surface area contributed by atoms with Crippen LogP contribution in [0.3, 0.4) is 0 Å². The van der Waals surface area contributed by atoms with E-state index in [1.165, 1.54) is 17.5 Å². The van der Waals surface area contributed by atoms with Crippen molar-refractivity contribution in [3.05, 3.63) is 80.7 Å². The number of aromatic nitrogens is 1. The van der Waals surface area contributed by atoms with Gasteiger partial charge in [-0.3, -0.25) is 14.6 Å². The lowest BCUT2D eigenvalue weighted by Gasteiger charge is -2.08. The van der Waals surface area contributed by atoms with E-state index in [9.17, 15) is 9.59 Å². The summed E-state index contributed by atoms with van der Waals surface area (Å²) in [6.07, 6.45) is 3.13. The average Bonchev–Trinajstić information content (AvgIpc) is 3.07. The molecule has 0 bridgehead atoms. The van der Waals surface area contributed by atoms with Crippen LogP contribution in [0.5, 0.6) is 0 Å². The molecule has 0 aliphatic rings. The van der Waals surface area contributed by atoms with E-state index in [1.807, 2.05) is 18.2 Å². The van der Waals surface area contributed by atoms with E-state index in [4.69, 9.17) is 0 Å². The normalized spacial score (nSPS) is 10.3. The van der Waals surface area contributed by atoms with E-state index < -0.39 is 0 Å². The zero-order chi connectivity index (χ0) is 17.6. The summed E-state index contributed by atoms with van der Waals surface area (Å²) in [6.45, 7) is 0.378. The van der Waals surface area contributed by atoms with Gasteiger partial charge in [0.25, 0.3) is 11.8 Å². The van der Waals surface area contributed by atoms with Gasteiger partial charge in [0.15, 0.2) is 0 Å². The van der Waals surface area contributed by atoms with Crippen LogP contribution in [0.2, 0.25) is 0 Å². The van der Waals surface area contributed by atoms with E-state index in [0.29, 0.717) is 23.4 Å². The number of benzene rings is 1. The number of halogens is 1. The van der Waals surface area contributed by atoms with Crippen LogP contribution in [0.15, 0.2) is 64.0 Å². The molecule has 0 aliphatic carbocycles. The summed E-state index contributed by atoms with van der Waals surface area (Å²) in [5.74, 6) is -0.357. The molecule has 2 N–H and O–H groups in total. The van der Waals surface area contributed by atoms with Crippen molar-refractivity contribution in [1.82, 2.24) is 10.3 Å². The lowest BCUT2D eigenvalue weighted by molar-refractivity contribution is 0.0950. The van der Waals surface area contributed by atoms with Gasteiger partial charge in [0.05, 0.1) is 14.9 Å².